The third-order valence-electron chi connectivity index (χ3n) is 3.82. The Bertz CT molecular complexity index is 594. The lowest BCUT2D eigenvalue weighted by molar-refractivity contribution is -0.145. The third-order valence-corrected chi connectivity index (χ3v) is 3.82. The number of nitrogens with one attached hydrogen (secondary N) is 1. The molecule has 126 valence electrons. The van der Waals surface area contributed by atoms with Gasteiger partial charge < -0.3 is 10.2 Å². The lowest BCUT2D eigenvalue weighted by Crippen LogP contribution is -2.46. The first-order valence-corrected chi connectivity index (χ1v) is 7.88. The fraction of sp³-hybridized carbons (Fsp3) is 0.500. The molecule has 23 heavy (non-hydrogen) atoms. The van der Waals surface area contributed by atoms with Crippen LogP contribution in [-0.2, 0) is 9.59 Å². The predicted octanol–water partition coefficient (Wildman–Crippen LogP) is 3.11. The molecule has 5 heteroatoms. The molecule has 0 aliphatic rings. The number of hydrogen-bond donors (Lipinski definition) is 1. The largest absolute Gasteiger partial charge is 0.345 e. The zero-order chi connectivity index (χ0) is 17.6. The second-order valence-corrected chi connectivity index (χ2v) is 6.30. The van der Waals surface area contributed by atoms with Gasteiger partial charge in [0.15, 0.2) is 5.78 Å². The fourth-order valence-electron chi connectivity index (χ4n) is 2.17. The summed E-state index contributed by atoms with van der Waals surface area (Å²) >= 11 is 0. The summed E-state index contributed by atoms with van der Waals surface area (Å²) in [7, 11) is 1.71. The molecule has 0 saturated carbocycles. The van der Waals surface area contributed by atoms with Crippen LogP contribution in [0.25, 0.3) is 0 Å². The van der Waals surface area contributed by atoms with Gasteiger partial charge in [0.1, 0.15) is 5.41 Å². The van der Waals surface area contributed by atoms with Crippen molar-refractivity contribution in [2.75, 3.05) is 18.9 Å². The zero-order valence-electron chi connectivity index (χ0n) is 14.6. The maximum atomic E-state index is 12.5. The third kappa shape index (κ3) is 4.91. The van der Waals surface area contributed by atoms with E-state index in [1.807, 2.05) is 0 Å². The molecule has 0 spiro atoms. The van der Waals surface area contributed by atoms with Crippen molar-refractivity contribution in [2.45, 2.75) is 40.5 Å². The van der Waals surface area contributed by atoms with Crippen LogP contribution in [0.3, 0.4) is 0 Å². The number of carbonyl (C=O) groups excluding carboxylic acids is 3. The van der Waals surface area contributed by atoms with Gasteiger partial charge in [0, 0.05) is 24.8 Å². The number of nitrogens with zero attached hydrogens (tertiary/aromatic N) is 1. The highest BCUT2D eigenvalue weighted by Gasteiger charge is 2.38. The number of benzene rings is 1. The van der Waals surface area contributed by atoms with Crippen molar-refractivity contribution in [1.29, 1.82) is 0 Å². The molecule has 0 aromatic heterocycles. The second-order valence-electron chi connectivity index (χ2n) is 6.30. The molecule has 1 aromatic rings. The maximum absolute atomic E-state index is 12.5. The topological polar surface area (TPSA) is 66.5 Å². The van der Waals surface area contributed by atoms with E-state index in [0.29, 0.717) is 17.8 Å². The molecule has 0 saturated heterocycles. The molecular formula is C18H26N2O3. The van der Waals surface area contributed by atoms with E-state index in [0.717, 1.165) is 12.8 Å². The Labute approximate surface area is 138 Å². The van der Waals surface area contributed by atoms with E-state index in [1.165, 1.54) is 6.92 Å². The van der Waals surface area contributed by atoms with Crippen LogP contribution in [0.2, 0.25) is 0 Å². The Kier molecular flexibility index (Phi) is 6.49. The number of unbranched alkanes of at least 4 members (excludes halogenated alkanes) is 1. The van der Waals surface area contributed by atoms with Crippen molar-refractivity contribution in [2.24, 2.45) is 5.41 Å². The van der Waals surface area contributed by atoms with Crippen LogP contribution in [0.4, 0.5) is 5.69 Å². The second kappa shape index (κ2) is 7.90. The molecule has 5 nitrogen and oxygen atoms in total. The van der Waals surface area contributed by atoms with E-state index in [1.54, 1.807) is 50.1 Å². The minimum absolute atomic E-state index is 0.0734. The van der Waals surface area contributed by atoms with Crippen molar-refractivity contribution in [3.63, 3.8) is 0 Å². The van der Waals surface area contributed by atoms with Crippen LogP contribution >= 0.6 is 0 Å². The van der Waals surface area contributed by atoms with E-state index >= 15 is 0 Å². The Morgan fingerprint density at radius 1 is 1.22 bits per heavy atom. The quantitative estimate of drug-likeness (QED) is 0.620. The van der Waals surface area contributed by atoms with Gasteiger partial charge in [0.05, 0.1) is 0 Å². The van der Waals surface area contributed by atoms with Gasteiger partial charge in [-0.25, -0.2) is 0 Å². The minimum atomic E-state index is -1.17. The maximum Gasteiger partial charge on any atom is 0.239 e. The number of rotatable bonds is 7. The van der Waals surface area contributed by atoms with Crippen LogP contribution in [0.5, 0.6) is 0 Å². The first-order valence-electron chi connectivity index (χ1n) is 7.88. The molecule has 0 aliphatic carbocycles. The van der Waals surface area contributed by atoms with Gasteiger partial charge in [0.25, 0.3) is 0 Å². The molecule has 0 radical (unpaired) electrons. The average Bonchev–Trinajstić information content (AvgIpc) is 2.51. The molecule has 0 fully saturated rings. The van der Waals surface area contributed by atoms with Gasteiger partial charge in [-0.3, -0.25) is 14.4 Å². The molecule has 2 amide bonds. The average molecular weight is 318 g/mol. The van der Waals surface area contributed by atoms with Gasteiger partial charge in [-0.1, -0.05) is 25.5 Å². The summed E-state index contributed by atoms with van der Waals surface area (Å²) in [6.45, 7) is 7.38. The molecule has 0 unspecified atom stereocenters. The standard InChI is InChI=1S/C18H26N2O3/c1-6-7-11-20(5)17(23)18(3,4)16(22)19-15-10-8-9-14(12-15)13(2)21/h8-10,12H,6-7,11H2,1-5H3,(H,19,22). The van der Waals surface area contributed by atoms with Crippen LogP contribution in [0, 0.1) is 5.41 Å². The van der Waals surface area contributed by atoms with Crippen LogP contribution in [-0.4, -0.2) is 36.1 Å². The van der Waals surface area contributed by atoms with Gasteiger partial charge >= 0.3 is 0 Å². The summed E-state index contributed by atoms with van der Waals surface area (Å²) in [5, 5.41) is 2.73. The van der Waals surface area contributed by atoms with Gasteiger partial charge in [-0.05, 0) is 39.3 Å². The predicted molar refractivity (Wildman–Crippen MR) is 91.4 cm³/mol. The normalized spacial score (nSPS) is 11.0. The summed E-state index contributed by atoms with van der Waals surface area (Å²) in [5.41, 5.74) is -0.138. The number of amides is 2. The Morgan fingerprint density at radius 3 is 2.43 bits per heavy atom. The summed E-state index contributed by atoms with van der Waals surface area (Å²) < 4.78 is 0. The SMILES string of the molecule is CCCCN(C)C(=O)C(C)(C)C(=O)Nc1cccc(C(C)=O)c1. The number of carbonyl (C=O) groups is 3. The van der Waals surface area contributed by atoms with E-state index < -0.39 is 5.41 Å². The van der Waals surface area contributed by atoms with Crippen molar-refractivity contribution < 1.29 is 14.4 Å². The number of hydrogen-bond acceptors (Lipinski definition) is 3. The minimum Gasteiger partial charge on any atom is -0.345 e. The van der Waals surface area contributed by atoms with E-state index in [9.17, 15) is 14.4 Å². The van der Waals surface area contributed by atoms with Gasteiger partial charge in [0.2, 0.25) is 11.8 Å². The molecule has 1 rings (SSSR count). The summed E-state index contributed by atoms with van der Waals surface area (Å²) in [4.78, 5) is 38.0. The molecular weight excluding hydrogens is 292 g/mol. The number of ketones is 1. The first-order chi connectivity index (χ1) is 10.7. The molecule has 0 aliphatic heterocycles. The summed E-state index contributed by atoms with van der Waals surface area (Å²) in [6, 6.07) is 6.70. The molecule has 0 heterocycles. The van der Waals surface area contributed by atoms with Crippen molar-refractivity contribution in [3.8, 4) is 0 Å². The highest BCUT2D eigenvalue weighted by Crippen LogP contribution is 2.22. The van der Waals surface area contributed by atoms with E-state index in [2.05, 4.69) is 12.2 Å². The molecule has 0 bridgehead atoms. The highest BCUT2D eigenvalue weighted by atomic mass is 16.2. The molecule has 1 aromatic carbocycles. The van der Waals surface area contributed by atoms with E-state index in [4.69, 9.17) is 0 Å². The van der Waals surface area contributed by atoms with Gasteiger partial charge in [-0.2, -0.15) is 0 Å². The smallest absolute Gasteiger partial charge is 0.239 e. The van der Waals surface area contributed by atoms with E-state index in [-0.39, 0.29) is 17.6 Å². The van der Waals surface area contributed by atoms with Crippen LogP contribution < -0.4 is 5.32 Å². The summed E-state index contributed by atoms with van der Waals surface area (Å²) in [5.74, 6) is -0.673. The number of Topliss-reactive ketones (excluding diaryl/α,β-unsaturated/α-hetero) is 1. The van der Waals surface area contributed by atoms with Crippen molar-refractivity contribution in [1.82, 2.24) is 4.90 Å². The Balaban J connectivity index is 2.84. The fourth-order valence-corrected chi connectivity index (χ4v) is 2.17. The Hall–Kier alpha value is -2.17. The lowest BCUT2D eigenvalue weighted by atomic mass is 9.90. The first kappa shape index (κ1) is 18.9. The lowest BCUT2D eigenvalue weighted by Gasteiger charge is -2.28. The highest BCUT2D eigenvalue weighted by molar-refractivity contribution is 6.10. The molecule has 1 N–H and O–H groups in total. The number of anilines is 1. The van der Waals surface area contributed by atoms with Crippen LogP contribution in [0.15, 0.2) is 24.3 Å². The van der Waals surface area contributed by atoms with Crippen molar-refractivity contribution >= 4 is 23.3 Å². The monoisotopic (exact) mass is 318 g/mol. The zero-order valence-corrected chi connectivity index (χ0v) is 14.6. The summed E-state index contributed by atoms with van der Waals surface area (Å²) in [6.07, 6.45) is 1.89. The van der Waals surface area contributed by atoms with Crippen LogP contribution in [0.1, 0.15) is 50.9 Å². The van der Waals surface area contributed by atoms with Gasteiger partial charge in [-0.15, -0.1) is 0 Å². The Morgan fingerprint density at radius 2 is 1.87 bits per heavy atom. The molecule has 0 atom stereocenters. The van der Waals surface area contributed by atoms with Crippen molar-refractivity contribution in [3.05, 3.63) is 29.8 Å².